The molecule has 0 N–H and O–H groups in total. The van der Waals surface area contributed by atoms with Crippen molar-refractivity contribution >= 4 is 0 Å². The standard InChI is InChI=1S/C16H17N5O2/c1-16(2)6-4-10-8-11(9-17-14(10)22-16)15-18-13(20-23-15)12-5-7-21(3)19-12/h5,7-9H,4,6H2,1-3H3. The van der Waals surface area contributed by atoms with Crippen LogP contribution in [0.5, 0.6) is 5.88 Å². The van der Waals surface area contributed by atoms with Crippen LogP contribution in [0.15, 0.2) is 29.0 Å². The minimum atomic E-state index is -0.168. The molecule has 7 heteroatoms. The molecule has 7 nitrogen and oxygen atoms in total. The van der Waals surface area contributed by atoms with Gasteiger partial charge in [0.05, 0.1) is 5.56 Å². The Morgan fingerprint density at radius 3 is 2.96 bits per heavy atom. The highest BCUT2D eigenvalue weighted by atomic mass is 16.5. The molecule has 1 aliphatic heterocycles. The molecule has 0 aromatic carbocycles. The molecule has 0 aliphatic carbocycles. The van der Waals surface area contributed by atoms with Gasteiger partial charge in [0, 0.05) is 25.0 Å². The lowest BCUT2D eigenvalue weighted by Crippen LogP contribution is -2.33. The van der Waals surface area contributed by atoms with Crippen LogP contribution in [0.4, 0.5) is 0 Å². The second kappa shape index (κ2) is 4.91. The molecule has 1 aliphatic rings. The summed E-state index contributed by atoms with van der Waals surface area (Å²) in [5, 5.41) is 8.26. The van der Waals surface area contributed by atoms with Gasteiger partial charge < -0.3 is 9.26 Å². The van der Waals surface area contributed by atoms with E-state index in [4.69, 9.17) is 9.26 Å². The number of hydrogen-bond donors (Lipinski definition) is 0. The van der Waals surface area contributed by atoms with Crippen LogP contribution in [0.25, 0.3) is 23.0 Å². The number of ether oxygens (including phenoxy) is 1. The van der Waals surface area contributed by atoms with Crippen LogP contribution >= 0.6 is 0 Å². The van der Waals surface area contributed by atoms with Gasteiger partial charge in [0.15, 0.2) is 0 Å². The topological polar surface area (TPSA) is 78.9 Å². The summed E-state index contributed by atoms with van der Waals surface area (Å²) >= 11 is 0. The summed E-state index contributed by atoms with van der Waals surface area (Å²) < 4.78 is 13.0. The molecule has 0 saturated heterocycles. The molecule has 4 rings (SSSR count). The molecule has 0 atom stereocenters. The maximum Gasteiger partial charge on any atom is 0.259 e. The van der Waals surface area contributed by atoms with Crippen molar-refractivity contribution in [3.63, 3.8) is 0 Å². The van der Waals surface area contributed by atoms with Crippen LogP contribution in [-0.4, -0.2) is 30.5 Å². The molecule has 23 heavy (non-hydrogen) atoms. The smallest absolute Gasteiger partial charge is 0.259 e. The SMILES string of the molecule is Cn1ccc(-c2noc(-c3cnc4c(c3)CCC(C)(C)O4)n2)n1. The van der Waals surface area contributed by atoms with Crippen LogP contribution in [0.2, 0.25) is 0 Å². The van der Waals surface area contributed by atoms with Gasteiger partial charge in [0.25, 0.3) is 5.89 Å². The molecule has 3 aromatic rings. The Morgan fingerprint density at radius 2 is 2.17 bits per heavy atom. The molecular formula is C16H17N5O2. The Bertz CT molecular complexity index is 865. The van der Waals surface area contributed by atoms with Gasteiger partial charge in [0.2, 0.25) is 11.7 Å². The summed E-state index contributed by atoms with van der Waals surface area (Å²) in [6.45, 7) is 4.14. The number of aromatic nitrogens is 5. The Morgan fingerprint density at radius 1 is 1.30 bits per heavy atom. The first-order valence-corrected chi connectivity index (χ1v) is 7.52. The maximum absolute atomic E-state index is 5.90. The summed E-state index contributed by atoms with van der Waals surface area (Å²) in [6.07, 6.45) is 5.42. The number of rotatable bonds is 2. The van der Waals surface area contributed by atoms with E-state index in [0.29, 0.717) is 23.3 Å². The van der Waals surface area contributed by atoms with Crippen molar-refractivity contribution in [3.8, 4) is 28.9 Å². The van der Waals surface area contributed by atoms with Crippen molar-refractivity contribution in [1.82, 2.24) is 24.9 Å². The maximum atomic E-state index is 5.90. The van der Waals surface area contributed by atoms with Gasteiger partial charge in [-0.1, -0.05) is 5.16 Å². The van der Waals surface area contributed by atoms with E-state index >= 15 is 0 Å². The molecule has 4 heterocycles. The highest BCUT2D eigenvalue weighted by Crippen LogP contribution is 2.33. The third kappa shape index (κ3) is 2.58. The number of nitrogens with zero attached hydrogens (tertiary/aromatic N) is 5. The van der Waals surface area contributed by atoms with Crippen molar-refractivity contribution in [3.05, 3.63) is 30.1 Å². The number of fused-ring (bicyclic) bond motifs is 1. The Balaban J connectivity index is 1.66. The van der Waals surface area contributed by atoms with Gasteiger partial charge in [0.1, 0.15) is 11.3 Å². The third-order valence-corrected chi connectivity index (χ3v) is 3.91. The lowest BCUT2D eigenvalue weighted by molar-refractivity contribution is 0.0784. The minimum absolute atomic E-state index is 0.168. The van der Waals surface area contributed by atoms with E-state index in [1.54, 1.807) is 10.9 Å². The lowest BCUT2D eigenvalue weighted by Gasteiger charge is -2.31. The van der Waals surface area contributed by atoms with Crippen molar-refractivity contribution in [1.29, 1.82) is 0 Å². The summed E-state index contributed by atoms with van der Waals surface area (Å²) in [6, 6.07) is 3.85. The predicted octanol–water partition coefficient (Wildman–Crippen LogP) is 2.64. The third-order valence-electron chi connectivity index (χ3n) is 3.91. The Labute approximate surface area is 133 Å². The van der Waals surface area contributed by atoms with Crippen molar-refractivity contribution in [2.45, 2.75) is 32.3 Å². The fourth-order valence-corrected chi connectivity index (χ4v) is 2.61. The normalized spacial score (nSPS) is 16.0. The fraction of sp³-hybridized carbons (Fsp3) is 0.375. The zero-order valence-corrected chi connectivity index (χ0v) is 13.3. The van der Waals surface area contributed by atoms with E-state index in [1.807, 2.05) is 25.4 Å². The molecule has 118 valence electrons. The molecule has 0 saturated carbocycles. The molecule has 0 amide bonds. The molecule has 3 aromatic heterocycles. The van der Waals surface area contributed by atoms with E-state index in [9.17, 15) is 0 Å². The number of pyridine rings is 1. The molecule has 0 spiro atoms. The average molecular weight is 311 g/mol. The zero-order chi connectivity index (χ0) is 16.0. The van der Waals surface area contributed by atoms with Crippen molar-refractivity contribution < 1.29 is 9.26 Å². The van der Waals surface area contributed by atoms with Gasteiger partial charge in [-0.05, 0) is 38.8 Å². The van der Waals surface area contributed by atoms with Gasteiger partial charge in [-0.15, -0.1) is 0 Å². The second-order valence-electron chi connectivity index (χ2n) is 6.35. The van der Waals surface area contributed by atoms with Gasteiger partial charge >= 0.3 is 0 Å². The van der Waals surface area contributed by atoms with Crippen molar-refractivity contribution in [2.24, 2.45) is 7.05 Å². The van der Waals surface area contributed by atoms with Gasteiger partial charge in [-0.2, -0.15) is 10.1 Å². The summed E-state index contributed by atoms with van der Waals surface area (Å²) in [7, 11) is 1.85. The summed E-state index contributed by atoms with van der Waals surface area (Å²) in [5.74, 6) is 1.59. The van der Waals surface area contributed by atoms with E-state index < -0.39 is 0 Å². The van der Waals surface area contributed by atoms with Crippen LogP contribution in [-0.2, 0) is 13.5 Å². The van der Waals surface area contributed by atoms with Crippen LogP contribution < -0.4 is 4.74 Å². The monoisotopic (exact) mass is 311 g/mol. The quantitative estimate of drug-likeness (QED) is 0.724. The fourth-order valence-electron chi connectivity index (χ4n) is 2.61. The largest absolute Gasteiger partial charge is 0.471 e. The molecule has 0 fully saturated rings. The van der Waals surface area contributed by atoms with Gasteiger partial charge in [-0.25, -0.2) is 4.98 Å². The highest BCUT2D eigenvalue weighted by molar-refractivity contribution is 5.58. The van der Waals surface area contributed by atoms with Crippen LogP contribution in [0.1, 0.15) is 25.8 Å². The lowest BCUT2D eigenvalue weighted by atomic mass is 9.95. The van der Waals surface area contributed by atoms with E-state index in [0.717, 1.165) is 24.0 Å². The zero-order valence-electron chi connectivity index (χ0n) is 13.3. The van der Waals surface area contributed by atoms with Crippen LogP contribution in [0.3, 0.4) is 0 Å². The summed E-state index contributed by atoms with van der Waals surface area (Å²) in [4.78, 5) is 8.81. The van der Waals surface area contributed by atoms with E-state index in [-0.39, 0.29) is 5.60 Å². The Hall–Kier alpha value is -2.70. The van der Waals surface area contributed by atoms with Crippen LogP contribution in [0, 0.1) is 0 Å². The first-order valence-electron chi connectivity index (χ1n) is 7.52. The van der Waals surface area contributed by atoms with Crippen molar-refractivity contribution in [2.75, 3.05) is 0 Å². The predicted molar refractivity (Wildman–Crippen MR) is 82.8 cm³/mol. The second-order valence-corrected chi connectivity index (χ2v) is 6.35. The van der Waals surface area contributed by atoms with E-state index in [2.05, 4.69) is 34.1 Å². The highest BCUT2D eigenvalue weighted by Gasteiger charge is 2.28. The minimum Gasteiger partial charge on any atom is -0.471 e. The van der Waals surface area contributed by atoms with Gasteiger partial charge in [-0.3, -0.25) is 4.68 Å². The number of hydrogen-bond acceptors (Lipinski definition) is 6. The molecule has 0 unspecified atom stereocenters. The summed E-state index contributed by atoms with van der Waals surface area (Å²) in [5.41, 5.74) is 2.37. The Kier molecular flexibility index (Phi) is 2.97. The first kappa shape index (κ1) is 13.9. The molecular weight excluding hydrogens is 294 g/mol. The first-order chi connectivity index (χ1) is 11.0. The molecule has 0 radical (unpaired) electrons. The number of aryl methyl sites for hydroxylation is 2. The van der Waals surface area contributed by atoms with E-state index in [1.165, 1.54) is 0 Å². The molecule has 0 bridgehead atoms. The average Bonchev–Trinajstić information content (AvgIpc) is 3.14.